The fraction of sp³-hybridized carbons (Fsp3) is 0.556. The third kappa shape index (κ3) is 12.3. The van der Waals surface area contributed by atoms with Crippen LogP contribution in [0, 0.1) is 19.8 Å². The Balaban J connectivity index is 0.000000673. The van der Waals surface area contributed by atoms with Gasteiger partial charge in [-0.05, 0) is 57.6 Å². The van der Waals surface area contributed by atoms with Crippen molar-refractivity contribution in [3.8, 4) is 0 Å². The fourth-order valence-electron chi connectivity index (χ4n) is 4.14. The van der Waals surface area contributed by atoms with Crippen LogP contribution in [0.1, 0.15) is 61.8 Å². The Labute approximate surface area is 227 Å². The van der Waals surface area contributed by atoms with Crippen molar-refractivity contribution in [2.45, 2.75) is 77.6 Å². The van der Waals surface area contributed by atoms with E-state index in [4.69, 9.17) is 15.6 Å². The molecule has 1 aromatic heterocycles. The van der Waals surface area contributed by atoms with E-state index >= 15 is 0 Å². The lowest BCUT2D eigenvalue weighted by Gasteiger charge is -2.22. The third-order valence-electron chi connectivity index (χ3n) is 6.29. The van der Waals surface area contributed by atoms with Gasteiger partial charge >= 0.3 is 12.1 Å². The van der Waals surface area contributed by atoms with Crippen LogP contribution < -0.4 is 21.7 Å². The number of carboxylic acid groups (broad SMARTS) is 1. The number of hydrogen-bond acceptors (Lipinski definition) is 7. The molecule has 1 aromatic carbocycles. The Bertz CT molecular complexity index is 1040. The first-order valence-corrected chi connectivity index (χ1v) is 13.2. The molecule has 1 saturated carbocycles. The van der Waals surface area contributed by atoms with E-state index in [-0.39, 0.29) is 5.91 Å². The maximum absolute atomic E-state index is 12.9. The van der Waals surface area contributed by atoms with Crippen molar-refractivity contribution in [3.05, 3.63) is 47.2 Å². The highest BCUT2D eigenvalue weighted by Gasteiger charge is 2.38. The third-order valence-corrected chi connectivity index (χ3v) is 6.29. The maximum atomic E-state index is 12.9. The van der Waals surface area contributed by atoms with Crippen LogP contribution in [0.25, 0.3) is 0 Å². The molecule has 0 spiro atoms. The largest absolute Gasteiger partial charge is 0.490 e. The van der Waals surface area contributed by atoms with Gasteiger partial charge in [0.05, 0.1) is 0 Å². The number of carboxylic acids is 1. The Morgan fingerprint density at radius 2 is 1.74 bits per heavy atom. The summed E-state index contributed by atoms with van der Waals surface area (Å²) in [5.74, 6) is -0.833. The highest BCUT2D eigenvalue weighted by molar-refractivity contribution is 5.84. The molecule has 1 heterocycles. The number of alkyl halides is 3. The number of benzene rings is 1. The molecule has 216 valence electrons. The van der Waals surface area contributed by atoms with Crippen molar-refractivity contribution in [2.24, 2.45) is 11.7 Å². The predicted octanol–water partition coefficient (Wildman–Crippen LogP) is 4.55. The molecule has 0 saturated heterocycles. The summed E-state index contributed by atoms with van der Waals surface area (Å²) in [4.78, 5) is 31.0. The molecular weight excluding hydrogens is 513 g/mol. The topological polar surface area (TPSA) is 142 Å². The Kier molecular flexibility index (Phi) is 12.9. The lowest BCUT2D eigenvalue weighted by molar-refractivity contribution is -0.192. The van der Waals surface area contributed by atoms with Crippen LogP contribution >= 0.6 is 0 Å². The van der Waals surface area contributed by atoms with Gasteiger partial charge in [0.1, 0.15) is 11.9 Å². The van der Waals surface area contributed by atoms with Gasteiger partial charge in [0.15, 0.2) is 0 Å². The number of aromatic nitrogens is 2. The van der Waals surface area contributed by atoms with E-state index < -0.39 is 18.2 Å². The first kappa shape index (κ1) is 31.8. The van der Waals surface area contributed by atoms with Gasteiger partial charge in [-0.25, -0.2) is 9.78 Å². The molecule has 9 nitrogen and oxygen atoms in total. The number of nitrogens with one attached hydrogen (secondary N) is 3. The van der Waals surface area contributed by atoms with Gasteiger partial charge < -0.3 is 26.8 Å². The molecular formula is C27H39F3N6O3. The second-order valence-electron chi connectivity index (χ2n) is 9.74. The molecule has 0 unspecified atom stereocenters. The van der Waals surface area contributed by atoms with E-state index in [9.17, 15) is 18.0 Å². The summed E-state index contributed by atoms with van der Waals surface area (Å²) in [7, 11) is 0. The van der Waals surface area contributed by atoms with Crippen molar-refractivity contribution < 1.29 is 27.9 Å². The normalized spacial score (nSPS) is 14.5. The average Bonchev–Trinajstić information content (AvgIpc) is 2.89. The van der Waals surface area contributed by atoms with E-state index in [1.807, 2.05) is 25.1 Å². The lowest BCUT2D eigenvalue weighted by atomic mass is 9.89. The molecule has 1 aliphatic rings. The van der Waals surface area contributed by atoms with Crippen LogP contribution in [0.15, 0.2) is 30.3 Å². The summed E-state index contributed by atoms with van der Waals surface area (Å²) in [6.07, 6.45) is 2.83. The Morgan fingerprint density at radius 3 is 2.33 bits per heavy atom. The molecule has 1 fully saturated rings. The molecule has 39 heavy (non-hydrogen) atoms. The van der Waals surface area contributed by atoms with Crippen molar-refractivity contribution in [3.63, 3.8) is 0 Å². The van der Waals surface area contributed by atoms with Crippen LogP contribution in [0.3, 0.4) is 0 Å². The lowest BCUT2D eigenvalue weighted by Crippen LogP contribution is -2.40. The number of nitrogens with zero attached hydrogens (tertiary/aromatic N) is 2. The molecule has 0 bridgehead atoms. The van der Waals surface area contributed by atoms with Crippen LogP contribution in [0.4, 0.5) is 24.9 Å². The van der Waals surface area contributed by atoms with Crippen molar-refractivity contribution >= 4 is 23.6 Å². The van der Waals surface area contributed by atoms with E-state index in [0.29, 0.717) is 37.2 Å². The van der Waals surface area contributed by atoms with Gasteiger partial charge in [-0.15, -0.1) is 0 Å². The summed E-state index contributed by atoms with van der Waals surface area (Å²) in [5.41, 5.74) is 8.86. The molecule has 1 aliphatic carbocycles. The highest BCUT2D eigenvalue weighted by Crippen LogP contribution is 2.24. The number of rotatable bonds is 11. The number of amides is 1. The zero-order valence-corrected chi connectivity index (χ0v) is 22.5. The molecule has 1 amide bonds. The maximum Gasteiger partial charge on any atom is 0.490 e. The molecule has 0 aliphatic heterocycles. The van der Waals surface area contributed by atoms with Gasteiger partial charge in [-0.1, -0.05) is 49.1 Å². The monoisotopic (exact) mass is 552 g/mol. The number of carbonyl (C=O) groups excluding carboxylic acids is 1. The van der Waals surface area contributed by atoms with Crippen LogP contribution in [0.2, 0.25) is 0 Å². The number of nitrogens with two attached hydrogens (primary N) is 1. The van der Waals surface area contributed by atoms with Crippen molar-refractivity contribution in [1.29, 1.82) is 0 Å². The molecule has 1 atom stereocenters. The van der Waals surface area contributed by atoms with E-state index in [2.05, 4.69) is 45.0 Å². The summed E-state index contributed by atoms with van der Waals surface area (Å²) < 4.78 is 31.7. The average molecular weight is 553 g/mol. The summed E-state index contributed by atoms with van der Waals surface area (Å²) in [6, 6.07) is 9.67. The van der Waals surface area contributed by atoms with Gasteiger partial charge in [0, 0.05) is 24.8 Å². The number of aliphatic carboxylic acids is 1. The molecule has 12 heteroatoms. The van der Waals surface area contributed by atoms with Crippen molar-refractivity contribution in [2.75, 3.05) is 23.7 Å². The van der Waals surface area contributed by atoms with Gasteiger partial charge in [-0.2, -0.15) is 18.2 Å². The Morgan fingerprint density at radius 1 is 1.10 bits per heavy atom. The van der Waals surface area contributed by atoms with Gasteiger partial charge in [0.2, 0.25) is 11.9 Å². The number of carbonyl (C=O) groups is 2. The predicted molar refractivity (Wildman–Crippen MR) is 144 cm³/mol. The van der Waals surface area contributed by atoms with E-state index in [0.717, 1.165) is 24.2 Å². The van der Waals surface area contributed by atoms with Gasteiger partial charge in [-0.3, -0.25) is 4.79 Å². The number of halogens is 3. The van der Waals surface area contributed by atoms with E-state index in [1.54, 1.807) is 0 Å². The first-order chi connectivity index (χ1) is 18.5. The minimum absolute atomic E-state index is 0.0491. The quantitative estimate of drug-likeness (QED) is 0.273. The highest BCUT2D eigenvalue weighted by atomic mass is 19.4. The van der Waals surface area contributed by atoms with Crippen molar-refractivity contribution in [1.82, 2.24) is 15.3 Å². The van der Waals surface area contributed by atoms with Gasteiger partial charge in [0.25, 0.3) is 0 Å². The van der Waals surface area contributed by atoms with E-state index in [1.165, 1.54) is 37.7 Å². The Hall–Kier alpha value is -3.41. The number of hydrogen-bond donors (Lipinski definition) is 5. The zero-order chi connectivity index (χ0) is 28.8. The summed E-state index contributed by atoms with van der Waals surface area (Å²) in [5, 5.41) is 16.9. The standard InChI is InChI=1S/C25H38N6O.C2HF3O2/c1-18-10-12-21(13-11-18)16-27-24(32)22(9-6-14-26)30-23-15-19(2)29-25(31-23)28-17-20-7-4-3-5-8-20;3-2(4,5)1(6)7/h10-13,15,20,22H,3-9,14,16-17,26H2,1-2H3,(H,27,32)(H2,28,29,30,31);(H,6,7)/t22-;/m0./s1. The molecule has 6 N–H and O–H groups in total. The minimum atomic E-state index is -5.08. The minimum Gasteiger partial charge on any atom is -0.475 e. The zero-order valence-electron chi connectivity index (χ0n) is 22.5. The number of anilines is 2. The molecule has 2 aromatic rings. The molecule has 3 rings (SSSR count). The molecule has 0 radical (unpaired) electrons. The fourth-order valence-corrected chi connectivity index (χ4v) is 4.14. The summed E-state index contributed by atoms with van der Waals surface area (Å²) in [6.45, 7) is 5.94. The summed E-state index contributed by atoms with van der Waals surface area (Å²) >= 11 is 0. The number of aryl methyl sites for hydroxylation is 2. The van der Waals surface area contributed by atoms with Crippen LogP contribution in [-0.2, 0) is 16.1 Å². The first-order valence-electron chi connectivity index (χ1n) is 13.2. The van der Waals surface area contributed by atoms with Crippen LogP contribution in [0.5, 0.6) is 0 Å². The second-order valence-corrected chi connectivity index (χ2v) is 9.74. The SMILES string of the molecule is Cc1ccc(CNC(=O)[C@H](CCCN)Nc2cc(C)nc(NCC3CCCCC3)n2)cc1.O=C(O)C(F)(F)F. The second kappa shape index (κ2) is 15.9. The smallest absolute Gasteiger partial charge is 0.475 e. The van der Waals surface area contributed by atoms with Crippen LogP contribution in [-0.4, -0.2) is 52.3 Å².